The molecule has 0 aliphatic heterocycles. The second-order valence-electron chi connectivity index (χ2n) is 9.49. The zero-order valence-electron chi connectivity index (χ0n) is 20.1. The Kier molecular flexibility index (Phi) is 6.52. The smallest absolute Gasteiger partial charge is 0.249 e. The van der Waals surface area contributed by atoms with Crippen LogP contribution in [0, 0.1) is 13.8 Å². The first kappa shape index (κ1) is 23.6. The van der Waals surface area contributed by atoms with Crippen molar-refractivity contribution in [2.45, 2.75) is 52.7 Å². The lowest BCUT2D eigenvalue weighted by Gasteiger charge is -2.34. The molecule has 4 aromatic rings. The number of anilines is 1. The van der Waals surface area contributed by atoms with E-state index in [1.807, 2.05) is 93.9 Å². The molecule has 0 fully saturated rings. The van der Waals surface area contributed by atoms with Crippen LogP contribution in [0.25, 0.3) is 11.0 Å². The Balaban J connectivity index is 1.83. The van der Waals surface area contributed by atoms with Gasteiger partial charge in [-0.2, -0.15) is 11.3 Å². The van der Waals surface area contributed by atoms with E-state index in [9.17, 15) is 9.59 Å². The van der Waals surface area contributed by atoms with Crippen molar-refractivity contribution >= 4 is 39.9 Å². The summed E-state index contributed by atoms with van der Waals surface area (Å²) in [5.74, 6) is -0.479. The van der Waals surface area contributed by atoms with Crippen LogP contribution < -0.4 is 10.2 Å². The van der Waals surface area contributed by atoms with Crippen LogP contribution in [0.2, 0.25) is 0 Å². The van der Waals surface area contributed by atoms with Crippen molar-refractivity contribution in [2.75, 3.05) is 4.90 Å². The topological polar surface area (TPSA) is 80.1 Å². The number of hydrogen-bond donors (Lipinski definition) is 1. The third-order valence-corrected chi connectivity index (χ3v) is 6.16. The summed E-state index contributed by atoms with van der Waals surface area (Å²) in [6.45, 7) is 9.68. The number of benzene rings is 2. The maximum absolute atomic E-state index is 14.0. The normalized spacial score (nSPS) is 12.5. The van der Waals surface area contributed by atoms with Crippen molar-refractivity contribution in [2.24, 2.45) is 0 Å². The molecule has 1 atom stereocenters. The fourth-order valence-electron chi connectivity index (χ4n) is 3.92. The Labute approximate surface area is 203 Å². The van der Waals surface area contributed by atoms with E-state index in [4.69, 9.17) is 0 Å². The van der Waals surface area contributed by atoms with Gasteiger partial charge in [0.25, 0.3) is 0 Å². The lowest BCUT2D eigenvalue weighted by Crippen LogP contribution is -2.50. The van der Waals surface area contributed by atoms with Crippen LogP contribution in [-0.4, -0.2) is 32.3 Å². The standard InChI is InChI=1S/C26H29N5O2S/c1-17-10-11-18(2)22(14-17)31(23(32)15-30-21-9-7-6-8-20(21)28-29-30)24(19-12-13-34-16-19)25(33)27-26(3,4)5/h6-14,16,24H,15H2,1-5H3,(H,27,33)/t24-/m1/s1. The zero-order chi connectivity index (χ0) is 24.5. The van der Waals surface area contributed by atoms with Crippen molar-refractivity contribution in [1.29, 1.82) is 0 Å². The number of aromatic nitrogens is 3. The zero-order valence-corrected chi connectivity index (χ0v) is 20.9. The molecule has 1 N–H and O–H groups in total. The highest BCUT2D eigenvalue weighted by atomic mass is 32.1. The molecule has 7 nitrogen and oxygen atoms in total. The first-order valence-electron chi connectivity index (χ1n) is 11.2. The second-order valence-corrected chi connectivity index (χ2v) is 10.3. The molecule has 0 saturated carbocycles. The molecule has 2 amide bonds. The predicted octanol–water partition coefficient (Wildman–Crippen LogP) is 4.80. The largest absolute Gasteiger partial charge is 0.349 e. The number of amides is 2. The summed E-state index contributed by atoms with van der Waals surface area (Å²) in [6.07, 6.45) is 0. The minimum Gasteiger partial charge on any atom is -0.349 e. The van der Waals surface area contributed by atoms with E-state index in [-0.39, 0.29) is 18.4 Å². The van der Waals surface area contributed by atoms with Crippen LogP contribution in [0.5, 0.6) is 0 Å². The molecule has 0 saturated heterocycles. The van der Waals surface area contributed by atoms with E-state index in [2.05, 4.69) is 15.6 Å². The van der Waals surface area contributed by atoms with Gasteiger partial charge in [-0.15, -0.1) is 5.10 Å². The van der Waals surface area contributed by atoms with Crippen molar-refractivity contribution in [1.82, 2.24) is 20.3 Å². The number of carbonyl (C=O) groups excluding carboxylic acids is 2. The monoisotopic (exact) mass is 475 g/mol. The Morgan fingerprint density at radius 1 is 1.12 bits per heavy atom. The molecule has 34 heavy (non-hydrogen) atoms. The molecule has 0 unspecified atom stereocenters. The molecule has 2 aromatic carbocycles. The molecular weight excluding hydrogens is 446 g/mol. The van der Waals surface area contributed by atoms with Crippen LogP contribution in [0.15, 0.2) is 59.3 Å². The number of thiophene rings is 1. The summed E-state index contributed by atoms with van der Waals surface area (Å²) in [6, 6.07) is 14.5. The number of nitrogens with zero attached hydrogens (tertiary/aromatic N) is 4. The van der Waals surface area contributed by atoms with Crippen molar-refractivity contribution < 1.29 is 9.59 Å². The summed E-state index contributed by atoms with van der Waals surface area (Å²) in [5, 5.41) is 15.3. The maximum atomic E-state index is 14.0. The number of para-hydroxylation sites is 1. The SMILES string of the molecule is Cc1ccc(C)c(N(C(=O)Cn2nnc3ccccc32)[C@@H](C(=O)NC(C)(C)C)c2ccsc2)c1. The number of rotatable bonds is 6. The first-order chi connectivity index (χ1) is 16.1. The van der Waals surface area contributed by atoms with E-state index < -0.39 is 11.6 Å². The van der Waals surface area contributed by atoms with E-state index in [0.29, 0.717) is 11.2 Å². The number of carbonyl (C=O) groups is 2. The van der Waals surface area contributed by atoms with Gasteiger partial charge in [-0.05, 0) is 86.3 Å². The lowest BCUT2D eigenvalue weighted by molar-refractivity contribution is -0.128. The lowest BCUT2D eigenvalue weighted by atomic mass is 10.0. The number of nitrogens with one attached hydrogen (secondary N) is 1. The minimum absolute atomic E-state index is 0.0443. The Hall–Kier alpha value is -3.52. The molecule has 2 aromatic heterocycles. The Morgan fingerprint density at radius 2 is 1.88 bits per heavy atom. The molecule has 0 spiro atoms. The average Bonchev–Trinajstić information content (AvgIpc) is 3.43. The second kappa shape index (κ2) is 9.38. The van der Waals surface area contributed by atoms with Crippen molar-refractivity contribution in [3.8, 4) is 0 Å². The molecule has 0 radical (unpaired) electrons. The van der Waals surface area contributed by atoms with Gasteiger partial charge >= 0.3 is 0 Å². The molecule has 176 valence electrons. The van der Waals surface area contributed by atoms with Gasteiger partial charge in [0, 0.05) is 11.2 Å². The summed E-state index contributed by atoms with van der Waals surface area (Å²) < 4.78 is 1.59. The number of fused-ring (bicyclic) bond motifs is 1. The average molecular weight is 476 g/mol. The van der Waals surface area contributed by atoms with Gasteiger partial charge in [-0.1, -0.05) is 29.5 Å². The van der Waals surface area contributed by atoms with Crippen molar-refractivity contribution in [3.05, 3.63) is 76.0 Å². The van der Waals surface area contributed by atoms with Gasteiger partial charge in [-0.3, -0.25) is 14.5 Å². The minimum atomic E-state index is -0.826. The van der Waals surface area contributed by atoms with Gasteiger partial charge in [0.05, 0.1) is 5.52 Å². The maximum Gasteiger partial charge on any atom is 0.249 e. The fourth-order valence-corrected chi connectivity index (χ4v) is 4.60. The van der Waals surface area contributed by atoms with E-state index in [1.54, 1.807) is 9.58 Å². The third kappa shape index (κ3) is 5.02. The van der Waals surface area contributed by atoms with E-state index >= 15 is 0 Å². The highest BCUT2D eigenvalue weighted by Crippen LogP contribution is 2.33. The van der Waals surface area contributed by atoms with Crippen molar-refractivity contribution in [3.63, 3.8) is 0 Å². The quantitative estimate of drug-likeness (QED) is 0.434. The van der Waals surface area contributed by atoms with Crippen LogP contribution in [0.4, 0.5) is 5.69 Å². The van der Waals surface area contributed by atoms with E-state index in [0.717, 1.165) is 22.2 Å². The summed E-state index contributed by atoms with van der Waals surface area (Å²) in [5.41, 5.74) is 4.41. The summed E-state index contributed by atoms with van der Waals surface area (Å²) in [7, 11) is 0. The van der Waals surface area contributed by atoms with Gasteiger partial charge in [-0.25, -0.2) is 4.68 Å². The number of aryl methyl sites for hydroxylation is 2. The van der Waals surface area contributed by atoms with Gasteiger partial charge in [0.15, 0.2) is 0 Å². The van der Waals surface area contributed by atoms with Crippen LogP contribution in [0.1, 0.15) is 43.5 Å². The highest BCUT2D eigenvalue weighted by Gasteiger charge is 2.35. The van der Waals surface area contributed by atoms with Gasteiger partial charge in [0.2, 0.25) is 11.8 Å². The number of hydrogen-bond acceptors (Lipinski definition) is 5. The first-order valence-corrected chi connectivity index (χ1v) is 12.1. The molecule has 8 heteroatoms. The molecule has 4 rings (SSSR count). The van der Waals surface area contributed by atoms with E-state index in [1.165, 1.54) is 11.3 Å². The Morgan fingerprint density at radius 3 is 2.59 bits per heavy atom. The molecule has 2 heterocycles. The fraction of sp³-hybridized carbons (Fsp3) is 0.308. The highest BCUT2D eigenvalue weighted by molar-refractivity contribution is 7.08. The predicted molar refractivity (Wildman–Crippen MR) is 136 cm³/mol. The summed E-state index contributed by atoms with van der Waals surface area (Å²) >= 11 is 1.50. The van der Waals surface area contributed by atoms with Crippen LogP contribution in [0.3, 0.4) is 0 Å². The van der Waals surface area contributed by atoms with Gasteiger partial charge < -0.3 is 5.32 Å². The molecule has 0 aliphatic carbocycles. The van der Waals surface area contributed by atoms with Crippen LogP contribution >= 0.6 is 11.3 Å². The molecular formula is C26H29N5O2S. The molecule has 0 aliphatic rings. The van der Waals surface area contributed by atoms with Gasteiger partial charge in [0.1, 0.15) is 18.1 Å². The molecule has 0 bridgehead atoms. The third-order valence-electron chi connectivity index (χ3n) is 5.46. The summed E-state index contributed by atoms with van der Waals surface area (Å²) in [4.78, 5) is 29.3. The Bertz CT molecular complexity index is 1320. The van der Waals surface area contributed by atoms with Crippen LogP contribution in [-0.2, 0) is 16.1 Å².